The van der Waals surface area contributed by atoms with Crippen molar-refractivity contribution in [3.63, 3.8) is 0 Å². The molecule has 0 N–H and O–H groups in total. The van der Waals surface area contributed by atoms with Crippen molar-refractivity contribution >= 4 is 48.6 Å². The second-order valence-corrected chi connectivity index (χ2v) is 20.1. The van der Waals surface area contributed by atoms with E-state index in [4.69, 9.17) is 0 Å². The molecule has 0 amide bonds. The fraction of sp³-hybridized carbons (Fsp3) is 0.143. The lowest BCUT2D eigenvalue weighted by atomic mass is 9.68. The maximum Gasteiger partial charge on any atom is 0.0465 e. The summed E-state index contributed by atoms with van der Waals surface area (Å²) in [7, 11) is 0. The molecule has 0 atom stereocenters. The molecule has 1 nitrogen and oxygen atoms in total. The van der Waals surface area contributed by atoms with E-state index in [1.54, 1.807) is 0 Å². The molecule has 0 bridgehead atoms. The van der Waals surface area contributed by atoms with Crippen LogP contribution in [0.4, 0.5) is 17.1 Å². The number of fused-ring (bicyclic) bond motifs is 11. The standard InChI is InChI=1S/C63H49NS/c1-62(2)56-25-9-6-19-50(56)54-23-15-22-53(60(54)62)48-17-5-4-16-46(48)41-28-32-43(33-29-41)64(45-36-37-51-49-18-7-10-26-57(49)63(58(51)40-45)38-12-3-13-39-63)44-34-30-42(31-35-44)47-21-14-24-55-52-20-8-11-27-59(52)65-61(47)55/h4-11,14-37,40H,3,12-13,38-39H2,1-2H3. The van der Waals surface area contributed by atoms with Gasteiger partial charge in [-0.25, -0.2) is 0 Å². The minimum absolute atomic E-state index is 0.0692. The van der Waals surface area contributed by atoms with Crippen LogP contribution in [0.1, 0.15) is 68.2 Å². The Morgan fingerprint density at radius 2 is 0.892 bits per heavy atom. The topological polar surface area (TPSA) is 3.24 Å². The van der Waals surface area contributed by atoms with Crippen LogP contribution in [-0.4, -0.2) is 0 Å². The third-order valence-electron chi connectivity index (χ3n) is 15.3. The van der Waals surface area contributed by atoms with Crippen molar-refractivity contribution in [3.05, 3.63) is 222 Å². The first-order valence-corrected chi connectivity index (χ1v) is 24.3. The van der Waals surface area contributed by atoms with Crippen LogP contribution in [0.3, 0.4) is 0 Å². The lowest BCUT2D eigenvalue weighted by molar-refractivity contribution is 0.353. The van der Waals surface area contributed by atoms with Gasteiger partial charge in [0.15, 0.2) is 0 Å². The van der Waals surface area contributed by atoms with Gasteiger partial charge in [0.25, 0.3) is 0 Å². The van der Waals surface area contributed by atoms with E-state index in [2.05, 4.69) is 219 Å². The summed E-state index contributed by atoms with van der Waals surface area (Å²) in [5.74, 6) is 0. The molecule has 0 unspecified atom stereocenters. The number of anilines is 3. The van der Waals surface area contributed by atoms with Crippen molar-refractivity contribution < 1.29 is 0 Å². The molecule has 10 aromatic rings. The molecule has 0 aliphatic heterocycles. The minimum Gasteiger partial charge on any atom is -0.310 e. The van der Waals surface area contributed by atoms with E-state index >= 15 is 0 Å². The molecule has 1 heterocycles. The van der Waals surface area contributed by atoms with Gasteiger partial charge in [-0.2, -0.15) is 0 Å². The summed E-state index contributed by atoms with van der Waals surface area (Å²) < 4.78 is 2.68. The van der Waals surface area contributed by atoms with E-state index in [0.29, 0.717) is 0 Å². The first kappa shape index (κ1) is 38.5. The van der Waals surface area contributed by atoms with Gasteiger partial charge in [0.05, 0.1) is 0 Å². The average molecular weight is 852 g/mol. The first-order valence-electron chi connectivity index (χ1n) is 23.5. The Labute approximate surface area is 386 Å². The lowest BCUT2D eigenvalue weighted by Gasteiger charge is -2.36. The number of nitrogens with zero attached hydrogens (tertiary/aromatic N) is 1. The van der Waals surface area contributed by atoms with Crippen LogP contribution >= 0.6 is 11.3 Å². The van der Waals surface area contributed by atoms with Crippen LogP contribution < -0.4 is 4.90 Å². The second-order valence-electron chi connectivity index (χ2n) is 19.1. The number of hydrogen-bond donors (Lipinski definition) is 0. The van der Waals surface area contributed by atoms with Gasteiger partial charge in [0.1, 0.15) is 0 Å². The number of benzene rings is 9. The summed E-state index contributed by atoms with van der Waals surface area (Å²) in [6.07, 6.45) is 6.28. The quantitative estimate of drug-likeness (QED) is 0.161. The molecule has 1 aromatic heterocycles. The van der Waals surface area contributed by atoms with E-state index in [0.717, 1.165) is 11.4 Å². The van der Waals surface area contributed by atoms with E-state index in [-0.39, 0.29) is 10.8 Å². The summed E-state index contributed by atoms with van der Waals surface area (Å²) in [5, 5.41) is 2.66. The van der Waals surface area contributed by atoms with Gasteiger partial charge in [-0.3, -0.25) is 0 Å². The highest BCUT2D eigenvalue weighted by Crippen LogP contribution is 2.57. The fourth-order valence-corrected chi connectivity index (χ4v) is 13.6. The molecule has 1 saturated carbocycles. The van der Waals surface area contributed by atoms with Gasteiger partial charge in [0.2, 0.25) is 0 Å². The van der Waals surface area contributed by atoms with Crippen molar-refractivity contribution in [1.82, 2.24) is 0 Å². The SMILES string of the molecule is CC1(C)c2ccccc2-c2cccc(-c3ccccc3-c3ccc(N(c4ccc(-c5cccc6c5sc5ccccc56)cc4)c4ccc5c(c4)C4(CCCCC4)c4ccccc4-5)cc3)c21. The maximum atomic E-state index is 2.55. The van der Waals surface area contributed by atoms with Crippen LogP contribution in [-0.2, 0) is 10.8 Å². The predicted molar refractivity (Wildman–Crippen MR) is 277 cm³/mol. The Bertz CT molecular complexity index is 3490. The second kappa shape index (κ2) is 14.8. The summed E-state index contributed by atoms with van der Waals surface area (Å²) >= 11 is 1.90. The highest BCUT2D eigenvalue weighted by atomic mass is 32.1. The predicted octanol–water partition coefficient (Wildman–Crippen LogP) is 18.1. The largest absolute Gasteiger partial charge is 0.310 e. The third kappa shape index (κ3) is 5.83. The number of hydrogen-bond acceptors (Lipinski definition) is 2. The van der Waals surface area contributed by atoms with Crippen LogP contribution in [0.5, 0.6) is 0 Å². The Morgan fingerprint density at radius 1 is 0.385 bits per heavy atom. The average Bonchev–Trinajstić information content (AvgIpc) is 3.96. The third-order valence-corrected chi connectivity index (χ3v) is 16.5. The molecule has 9 aromatic carbocycles. The van der Waals surface area contributed by atoms with Crippen molar-refractivity contribution in [2.75, 3.05) is 4.90 Å². The first-order chi connectivity index (χ1) is 32.0. The molecule has 13 rings (SSSR count). The molecule has 0 saturated heterocycles. The van der Waals surface area contributed by atoms with Gasteiger partial charge >= 0.3 is 0 Å². The monoisotopic (exact) mass is 851 g/mol. The van der Waals surface area contributed by atoms with E-state index < -0.39 is 0 Å². The Kier molecular flexibility index (Phi) is 8.74. The molecule has 1 fully saturated rings. The van der Waals surface area contributed by atoms with Gasteiger partial charge in [-0.15, -0.1) is 11.3 Å². The summed E-state index contributed by atoms with van der Waals surface area (Å²) in [6, 6.07) is 75.6. The highest BCUT2D eigenvalue weighted by molar-refractivity contribution is 7.26. The van der Waals surface area contributed by atoms with Crippen molar-refractivity contribution in [2.45, 2.75) is 56.8 Å². The minimum atomic E-state index is -0.104. The smallest absolute Gasteiger partial charge is 0.0465 e. The number of thiophene rings is 1. The molecule has 3 aliphatic rings. The van der Waals surface area contributed by atoms with E-state index in [9.17, 15) is 0 Å². The molecule has 65 heavy (non-hydrogen) atoms. The summed E-state index contributed by atoms with van der Waals surface area (Å²) in [5.41, 5.74) is 22.4. The molecule has 3 aliphatic carbocycles. The van der Waals surface area contributed by atoms with Gasteiger partial charge in [-0.1, -0.05) is 191 Å². The van der Waals surface area contributed by atoms with Crippen molar-refractivity contribution in [1.29, 1.82) is 0 Å². The van der Waals surface area contributed by atoms with E-state index in [1.165, 1.54) is 136 Å². The Morgan fingerprint density at radius 3 is 1.63 bits per heavy atom. The zero-order valence-electron chi connectivity index (χ0n) is 36.9. The van der Waals surface area contributed by atoms with Crippen LogP contribution in [0.15, 0.2) is 200 Å². The van der Waals surface area contributed by atoms with E-state index in [1.807, 2.05) is 11.3 Å². The molecule has 1 spiro atoms. The van der Waals surface area contributed by atoms with Crippen LogP contribution in [0.25, 0.3) is 75.8 Å². The Balaban J connectivity index is 0.933. The zero-order valence-corrected chi connectivity index (χ0v) is 37.8. The van der Waals surface area contributed by atoms with Gasteiger partial charge < -0.3 is 4.90 Å². The summed E-state index contributed by atoms with van der Waals surface area (Å²) in [6.45, 7) is 4.77. The summed E-state index contributed by atoms with van der Waals surface area (Å²) in [4.78, 5) is 2.49. The molecule has 312 valence electrons. The number of rotatable bonds is 6. The van der Waals surface area contributed by atoms with Crippen LogP contribution in [0.2, 0.25) is 0 Å². The highest BCUT2D eigenvalue weighted by Gasteiger charge is 2.44. The normalized spacial score (nSPS) is 15.2. The molecule has 0 radical (unpaired) electrons. The fourth-order valence-electron chi connectivity index (χ4n) is 12.3. The van der Waals surface area contributed by atoms with Crippen LogP contribution in [0, 0.1) is 0 Å². The maximum absolute atomic E-state index is 2.55. The molecular weight excluding hydrogens is 803 g/mol. The van der Waals surface area contributed by atoms with Gasteiger partial charge in [0, 0.05) is 48.1 Å². The zero-order chi connectivity index (χ0) is 43.3. The lowest BCUT2D eigenvalue weighted by Crippen LogP contribution is -2.28. The van der Waals surface area contributed by atoms with Crippen molar-refractivity contribution in [3.8, 4) is 55.6 Å². The Hall–Kier alpha value is -7.00. The molecule has 2 heteroatoms. The van der Waals surface area contributed by atoms with Crippen molar-refractivity contribution in [2.24, 2.45) is 0 Å². The molecular formula is C63H49NS. The van der Waals surface area contributed by atoms with Gasteiger partial charge in [-0.05, 0) is 133 Å².